The molecule has 0 aliphatic heterocycles. The Morgan fingerprint density at radius 3 is 2.93 bits per heavy atom. The summed E-state index contributed by atoms with van der Waals surface area (Å²) in [5, 5.41) is 2.84. The number of anilines is 1. The van der Waals surface area contributed by atoms with Crippen LogP contribution in [0.4, 0.5) is 10.1 Å². The van der Waals surface area contributed by atoms with E-state index in [1.807, 2.05) is 6.92 Å². The van der Waals surface area contributed by atoms with Crippen LogP contribution in [0.1, 0.15) is 12.0 Å². The van der Waals surface area contributed by atoms with Gasteiger partial charge in [0.05, 0.1) is 19.2 Å². The molecule has 0 radical (unpaired) electrons. The van der Waals surface area contributed by atoms with E-state index in [0.29, 0.717) is 12.2 Å². The Hall–Kier alpha value is -1.58. The lowest BCUT2D eigenvalue weighted by Gasteiger charge is -2.07. The van der Waals surface area contributed by atoms with Gasteiger partial charge in [0.25, 0.3) is 0 Å². The number of nitrogens with one attached hydrogen (secondary N) is 1. The summed E-state index contributed by atoms with van der Waals surface area (Å²) in [6.07, 6.45) is 0.226. The van der Waals surface area contributed by atoms with Crippen LogP contribution >= 0.6 is 0 Å². The third kappa shape index (κ3) is 3.58. The molecule has 15 heavy (non-hydrogen) atoms. The van der Waals surface area contributed by atoms with Gasteiger partial charge in [0.1, 0.15) is 5.82 Å². The molecule has 1 aromatic rings. The predicted molar refractivity (Wildman–Crippen MR) is 56.3 cm³/mol. The van der Waals surface area contributed by atoms with E-state index in [1.54, 1.807) is 12.1 Å². The van der Waals surface area contributed by atoms with Crippen LogP contribution in [0.5, 0.6) is 0 Å². The lowest BCUT2D eigenvalue weighted by atomic mass is 10.2. The number of carbonyl (C=O) groups is 1. The van der Waals surface area contributed by atoms with Gasteiger partial charge in [-0.2, -0.15) is 0 Å². The highest BCUT2D eigenvalue weighted by atomic mass is 19.1. The minimum atomic E-state index is -0.314. The van der Waals surface area contributed by atoms with Crippen molar-refractivity contribution in [2.24, 2.45) is 0 Å². The zero-order valence-electron chi connectivity index (χ0n) is 8.84. The number of rotatable bonds is 4. The highest BCUT2D eigenvalue weighted by Gasteiger charge is 2.03. The molecule has 0 aliphatic carbocycles. The lowest BCUT2D eigenvalue weighted by molar-refractivity contribution is -0.140. The molecule has 0 aromatic heterocycles. The number of aryl methyl sites for hydroxylation is 1. The Bertz CT molecular complexity index is 352. The summed E-state index contributed by atoms with van der Waals surface area (Å²) in [7, 11) is 1.33. The molecule has 3 nitrogen and oxygen atoms in total. The number of carbonyl (C=O) groups excluding carboxylic acids is 1. The van der Waals surface area contributed by atoms with Crippen LogP contribution in [0.2, 0.25) is 0 Å². The third-order valence-electron chi connectivity index (χ3n) is 1.99. The normalized spacial score (nSPS) is 9.80. The molecule has 0 unspecified atom stereocenters. The number of halogens is 1. The minimum absolute atomic E-state index is 0.226. The van der Waals surface area contributed by atoms with Gasteiger partial charge in [0, 0.05) is 6.54 Å². The Labute approximate surface area is 88.2 Å². The zero-order chi connectivity index (χ0) is 11.3. The van der Waals surface area contributed by atoms with Crippen molar-refractivity contribution in [3.63, 3.8) is 0 Å². The van der Waals surface area contributed by atoms with Crippen molar-refractivity contribution >= 4 is 11.7 Å². The van der Waals surface area contributed by atoms with Crippen LogP contribution in [-0.4, -0.2) is 19.6 Å². The van der Waals surface area contributed by atoms with E-state index in [9.17, 15) is 9.18 Å². The number of benzene rings is 1. The van der Waals surface area contributed by atoms with Crippen molar-refractivity contribution in [3.8, 4) is 0 Å². The van der Waals surface area contributed by atoms with Gasteiger partial charge >= 0.3 is 5.97 Å². The van der Waals surface area contributed by atoms with Crippen molar-refractivity contribution in [1.29, 1.82) is 0 Å². The molecule has 1 N–H and O–H groups in total. The second kappa shape index (κ2) is 5.34. The average molecular weight is 211 g/mol. The third-order valence-corrected chi connectivity index (χ3v) is 1.99. The second-order valence-corrected chi connectivity index (χ2v) is 3.24. The average Bonchev–Trinajstić information content (AvgIpc) is 2.23. The van der Waals surface area contributed by atoms with Crippen LogP contribution in [0, 0.1) is 12.7 Å². The van der Waals surface area contributed by atoms with Gasteiger partial charge < -0.3 is 10.1 Å². The Kier molecular flexibility index (Phi) is 4.09. The van der Waals surface area contributed by atoms with E-state index in [4.69, 9.17) is 0 Å². The SMILES string of the molecule is COC(=O)CCNc1cc(C)ccc1F. The summed E-state index contributed by atoms with van der Waals surface area (Å²) < 4.78 is 17.7. The smallest absolute Gasteiger partial charge is 0.307 e. The van der Waals surface area contributed by atoms with Gasteiger partial charge in [-0.3, -0.25) is 4.79 Å². The quantitative estimate of drug-likeness (QED) is 0.775. The van der Waals surface area contributed by atoms with Gasteiger partial charge in [0.2, 0.25) is 0 Å². The van der Waals surface area contributed by atoms with Gasteiger partial charge in [-0.1, -0.05) is 6.07 Å². The van der Waals surface area contributed by atoms with E-state index in [0.717, 1.165) is 5.56 Å². The van der Waals surface area contributed by atoms with Crippen LogP contribution in [0.15, 0.2) is 18.2 Å². The van der Waals surface area contributed by atoms with Crippen molar-refractivity contribution < 1.29 is 13.9 Å². The van der Waals surface area contributed by atoms with E-state index in [1.165, 1.54) is 13.2 Å². The molecule has 0 bridgehead atoms. The summed E-state index contributed by atoms with van der Waals surface area (Å²) in [6.45, 7) is 2.25. The van der Waals surface area contributed by atoms with E-state index < -0.39 is 0 Å². The number of methoxy groups -OCH3 is 1. The molecule has 0 heterocycles. The van der Waals surface area contributed by atoms with Gasteiger partial charge in [-0.05, 0) is 24.6 Å². The first kappa shape index (κ1) is 11.5. The summed E-state index contributed by atoms with van der Waals surface area (Å²) in [5.74, 6) is -0.624. The van der Waals surface area contributed by atoms with E-state index >= 15 is 0 Å². The first-order chi connectivity index (χ1) is 7.13. The highest BCUT2D eigenvalue weighted by Crippen LogP contribution is 2.15. The van der Waals surface area contributed by atoms with Crippen molar-refractivity contribution in [2.45, 2.75) is 13.3 Å². The number of ether oxygens (including phenoxy) is 1. The van der Waals surface area contributed by atoms with Crippen molar-refractivity contribution in [2.75, 3.05) is 19.0 Å². The fraction of sp³-hybridized carbons (Fsp3) is 0.364. The molecule has 4 heteroatoms. The van der Waals surface area contributed by atoms with E-state index in [2.05, 4.69) is 10.1 Å². The highest BCUT2D eigenvalue weighted by molar-refractivity contribution is 5.69. The zero-order valence-corrected chi connectivity index (χ0v) is 8.84. The standard InChI is InChI=1S/C11H14FNO2/c1-8-3-4-9(12)10(7-8)13-6-5-11(14)15-2/h3-4,7,13H,5-6H2,1-2H3. The Morgan fingerprint density at radius 2 is 2.27 bits per heavy atom. The molecule has 0 saturated heterocycles. The second-order valence-electron chi connectivity index (χ2n) is 3.24. The summed E-state index contributed by atoms with van der Waals surface area (Å²) >= 11 is 0. The van der Waals surface area contributed by atoms with Crippen LogP contribution in [-0.2, 0) is 9.53 Å². The van der Waals surface area contributed by atoms with Crippen molar-refractivity contribution in [3.05, 3.63) is 29.6 Å². The summed E-state index contributed by atoms with van der Waals surface area (Å²) in [4.78, 5) is 10.8. The molecule has 0 aliphatic rings. The van der Waals surface area contributed by atoms with Gasteiger partial charge in [-0.25, -0.2) is 4.39 Å². The first-order valence-corrected chi connectivity index (χ1v) is 4.70. The molecule has 0 saturated carbocycles. The Balaban J connectivity index is 2.50. The maximum atomic E-state index is 13.2. The molecule has 82 valence electrons. The molecule has 1 rings (SSSR count). The molecular weight excluding hydrogens is 197 g/mol. The van der Waals surface area contributed by atoms with Gasteiger partial charge in [0.15, 0.2) is 0 Å². The maximum absolute atomic E-state index is 13.2. The van der Waals surface area contributed by atoms with Crippen LogP contribution in [0.25, 0.3) is 0 Å². The van der Waals surface area contributed by atoms with Crippen LogP contribution in [0.3, 0.4) is 0 Å². The topological polar surface area (TPSA) is 38.3 Å². The lowest BCUT2D eigenvalue weighted by Crippen LogP contribution is -2.10. The number of hydrogen-bond donors (Lipinski definition) is 1. The fourth-order valence-corrected chi connectivity index (χ4v) is 1.18. The number of esters is 1. The maximum Gasteiger partial charge on any atom is 0.307 e. The number of hydrogen-bond acceptors (Lipinski definition) is 3. The van der Waals surface area contributed by atoms with Crippen LogP contribution < -0.4 is 5.32 Å². The van der Waals surface area contributed by atoms with Crippen molar-refractivity contribution in [1.82, 2.24) is 0 Å². The largest absolute Gasteiger partial charge is 0.469 e. The molecular formula is C11H14FNO2. The first-order valence-electron chi connectivity index (χ1n) is 4.70. The summed E-state index contributed by atoms with van der Waals surface area (Å²) in [5.41, 5.74) is 1.39. The van der Waals surface area contributed by atoms with Gasteiger partial charge in [-0.15, -0.1) is 0 Å². The monoisotopic (exact) mass is 211 g/mol. The molecule has 0 atom stereocenters. The summed E-state index contributed by atoms with van der Waals surface area (Å²) in [6, 6.07) is 4.79. The van der Waals surface area contributed by atoms with E-state index in [-0.39, 0.29) is 18.2 Å². The molecule has 0 amide bonds. The molecule has 1 aromatic carbocycles. The Morgan fingerprint density at radius 1 is 1.53 bits per heavy atom. The minimum Gasteiger partial charge on any atom is -0.469 e. The molecule has 0 fully saturated rings. The molecule has 0 spiro atoms. The fourth-order valence-electron chi connectivity index (χ4n) is 1.18. The predicted octanol–water partition coefficient (Wildman–Crippen LogP) is 2.11.